The molecule has 0 bridgehead atoms. The largest absolute Gasteiger partial charge is 0.490 e. The van der Waals surface area contributed by atoms with Gasteiger partial charge in [-0.05, 0) is 17.7 Å². The van der Waals surface area contributed by atoms with Gasteiger partial charge in [0.05, 0.1) is 8.07 Å². The van der Waals surface area contributed by atoms with Gasteiger partial charge in [-0.1, -0.05) is 56.6 Å². The van der Waals surface area contributed by atoms with Crippen LogP contribution in [0, 0.1) is 0 Å². The van der Waals surface area contributed by atoms with Crippen LogP contribution in [0.2, 0.25) is 45.3 Å². The second-order valence-electron chi connectivity index (χ2n) is 7.78. The average molecular weight is 279 g/mol. The summed E-state index contributed by atoms with van der Waals surface area (Å²) in [4.78, 5) is 0. The van der Waals surface area contributed by atoms with Crippen molar-refractivity contribution in [2.24, 2.45) is 0 Å². The summed E-state index contributed by atoms with van der Waals surface area (Å²) in [5.41, 5.74) is 1.44. The van der Waals surface area contributed by atoms with Crippen LogP contribution in [0.3, 0.4) is 0 Å². The van der Waals surface area contributed by atoms with Crippen LogP contribution in [0.25, 0.3) is 0 Å². The first-order valence-electron chi connectivity index (χ1n) is 6.95. The zero-order valence-corrected chi connectivity index (χ0v) is 14.6. The minimum Gasteiger partial charge on any atom is -0.490 e. The van der Waals surface area contributed by atoms with E-state index in [9.17, 15) is 0 Å². The number of hydrogen-bond acceptors (Lipinski definition) is 1. The Morgan fingerprint density at radius 2 is 1.78 bits per heavy atom. The molecule has 0 saturated carbocycles. The minimum absolute atomic E-state index is 0.434. The van der Waals surface area contributed by atoms with E-state index in [4.69, 9.17) is 4.74 Å². The molecule has 0 N–H and O–H groups in total. The highest BCUT2D eigenvalue weighted by Gasteiger charge is 2.29. The van der Waals surface area contributed by atoms with Gasteiger partial charge in [-0.3, -0.25) is 0 Å². The normalized spacial score (nSPS) is 19.6. The third kappa shape index (κ3) is 3.26. The first-order valence-corrected chi connectivity index (χ1v) is 14.2. The van der Waals surface area contributed by atoms with E-state index in [1.807, 2.05) is 0 Å². The summed E-state index contributed by atoms with van der Waals surface area (Å²) in [6, 6.07) is 8.16. The van der Waals surface area contributed by atoms with Crippen molar-refractivity contribution in [2.75, 3.05) is 0 Å². The fourth-order valence-electron chi connectivity index (χ4n) is 2.58. The van der Waals surface area contributed by atoms with Gasteiger partial charge in [-0.25, -0.2) is 0 Å². The predicted molar refractivity (Wildman–Crippen MR) is 85.7 cm³/mol. The highest BCUT2D eigenvalue weighted by Crippen LogP contribution is 2.31. The summed E-state index contributed by atoms with van der Waals surface area (Å²) in [5.74, 6) is 1.14. The predicted octanol–water partition coefficient (Wildman–Crippen LogP) is 3.87. The smallest absolute Gasteiger partial charge is 0.123 e. The monoisotopic (exact) mass is 278 g/mol. The molecule has 3 heteroatoms. The van der Waals surface area contributed by atoms with Crippen molar-refractivity contribution in [3.63, 3.8) is 0 Å². The second kappa shape index (κ2) is 4.53. The molecule has 1 unspecified atom stereocenters. The molecule has 1 atom stereocenters. The van der Waals surface area contributed by atoms with E-state index >= 15 is 0 Å². The molecule has 2 rings (SSSR count). The summed E-state index contributed by atoms with van der Waals surface area (Å²) in [7, 11) is -2.22. The molecule has 0 aromatic heterocycles. The van der Waals surface area contributed by atoms with Crippen molar-refractivity contribution in [1.29, 1.82) is 0 Å². The van der Waals surface area contributed by atoms with Crippen molar-refractivity contribution < 1.29 is 4.74 Å². The zero-order valence-electron chi connectivity index (χ0n) is 12.6. The number of benzene rings is 1. The quantitative estimate of drug-likeness (QED) is 0.763. The van der Waals surface area contributed by atoms with E-state index in [0.717, 1.165) is 12.2 Å². The lowest BCUT2D eigenvalue weighted by atomic mass is 10.1. The summed E-state index contributed by atoms with van der Waals surface area (Å²) in [5, 5.41) is 1.55. The standard InChI is InChI=1S/C15H26OSi2/c1-17(2,3)11-13-9-12-10-14(18(4,5)6)7-8-15(12)16-13/h7-8,10,13H,9,11H2,1-6H3. The van der Waals surface area contributed by atoms with Crippen LogP contribution in [0.4, 0.5) is 0 Å². The van der Waals surface area contributed by atoms with Crippen LogP contribution in [-0.4, -0.2) is 22.3 Å². The van der Waals surface area contributed by atoms with Gasteiger partial charge in [0.1, 0.15) is 11.9 Å². The molecular weight excluding hydrogens is 252 g/mol. The van der Waals surface area contributed by atoms with Crippen LogP contribution >= 0.6 is 0 Å². The molecule has 100 valence electrons. The van der Waals surface area contributed by atoms with Crippen LogP contribution in [0.15, 0.2) is 18.2 Å². The van der Waals surface area contributed by atoms with E-state index in [0.29, 0.717) is 6.10 Å². The van der Waals surface area contributed by atoms with Crippen molar-refractivity contribution in [3.8, 4) is 5.75 Å². The molecule has 1 heterocycles. The van der Waals surface area contributed by atoms with E-state index in [1.165, 1.54) is 11.6 Å². The Labute approximate surface area is 114 Å². The summed E-state index contributed by atoms with van der Waals surface area (Å²) < 4.78 is 6.10. The van der Waals surface area contributed by atoms with Gasteiger partial charge >= 0.3 is 0 Å². The average Bonchev–Trinajstić information content (AvgIpc) is 2.53. The van der Waals surface area contributed by atoms with Crippen molar-refractivity contribution in [2.45, 2.75) is 57.9 Å². The highest BCUT2D eigenvalue weighted by atomic mass is 28.3. The van der Waals surface area contributed by atoms with E-state index in [1.54, 1.807) is 5.19 Å². The minimum atomic E-state index is -1.19. The van der Waals surface area contributed by atoms with E-state index in [-0.39, 0.29) is 0 Å². The van der Waals surface area contributed by atoms with Crippen LogP contribution in [-0.2, 0) is 6.42 Å². The topological polar surface area (TPSA) is 9.23 Å². The van der Waals surface area contributed by atoms with Gasteiger partial charge < -0.3 is 4.74 Å². The SMILES string of the molecule is C[Si](C)(C)CC1Cc2cc([Si](C)(C)C)ccc2O1. The second-order valence-corrected chi connectivity index (χ2v) is 18.4. The maximum atomic E-state index is 6.10. The Morgan fingerprint density at radius 1 is 1.11 bits per heavy atom. The lowest BCUT2D eigenvalue weighted by Crippen LogP contribution is -2.37. The van der Waals surface area contributed by atoms with E-state index in [2.05, 4.69) is 57.5 Å². The van der Waals surface area contributed by atoms with Crippen LogP contribution in [0.1, 0.15) is 5.56 Å². The summed E-state index contributed by atoms with van der Waals surface area (Å²) in [6.07, 6.45) is 1.56. The molecule has 1 nitrogen and oxygen atoms in total. The van der Waals surface area contributed by atoms with Gasteiger partial charge in [-0.15, -0.1) is 0 Å². The molecule has 0 radical (unpaired) electrons. The maximum absolute atomic E-state index is 6.10. The Balaban J connectivity index is 2.16. The van der Waals surface area contributed by atoms with Crippen molar-refractivity contribution in [1.82, 2.24) is 0 Å². The molecule has 0 saturated heterocycles. The summed E-state index contributed by atoms with van der Waals surface area (Å²) in [6.45, 7) is 14.5. The molecule has 18 heavy (non-hydrogen) atoms. The lowest BCUT2D eigenvalue weighted by Gasteiger charge is -2.20. The molecule has 0 aliphatic carbocycles. The van der Waals surface area contributed by atoms with Gasteiger partial charge in [0.25, 0.3) is 0 Å². The maximum Gasteiger partial charge on any atom is 0.123 e. The molecular formula is C15H26OSi2. The molecule has 0 fully saturated rings. The van der Waals surface area contributed by atoms with Gasteiger partial charge in [-0.2, -0.15) is 0 Å². The molecule has 0 amide bonds. The zero-order chi connectivity index (χ0) is 13.6. The molecule has 1 aromatic rings. The Hall–Kier alpha value is -0.546. The van der Waals surface area contributed by atoms with Crippen LogP contribution in [0.5, 0.6) is 5.75 Å². The molecule has 1 aliphatic rings. The number of rotatable bonds is 3. The third-order valence-electron chi connectivity index (χ3n) is 3.51. The number of fused-ring (bicyclic) bond motifs is 1. The van der Waals surface area contributed by atoms with Gasteiger partial charge in [0.2, 0.25) is 0 Å². The van der Waals surface area contributed by atoms with Crippen molar-refractivity contribution in [3.05, 3.63) is 23.8 Å². The van der Waals surface area contributed by atoms with Gasteiger partial charge in [0, 0.05) is 14.5 Å². The van der Waals surface area contributed by atoms with Crippen LogP contribution < -0.4 is 9.92 Å². The third-order valence-corrected chi connectivity index (χ3v) is 7.23. The summed E-state index contributed by atoms with van der Waals surface area (Å²) >= 11 is 0. The van der Waals surface area contributed by atoms with Crippen molar-refractivity contribution >= 4 is 21.3 Å². The fourth-order valence-corrected chi connectivity index (χ4v) is 5.37. The molecule has 1 aliphatic heterocycles. The Morgan fingerprint density at radius 3 is 2.33 bits per heavy atom. The number of ether oxygens (including phenoxy) is 1. The molecule has 1 aromatic carbocycles. The fraction of sp³-hybridized carbons (Fsp3) is 0.600. The first kappa shape index (κ1) is 13.9. The Bertz CT molecular complexity index is 441. The lowest BCUT2D eigenvalue weighted by molar-refractivity contribution is 0.252. The highest BCUT2D eigenvalue weighted by molar-refractivity contribution is 6.88. The molecule has 0 spiro atoms. The number of hydrogen-bond donors (Lipinski definition) is 0. The first-order chi connectivity index (χ1) is 8.15. The Kier molecular flexibility index (Phi) is 3.49. The van der Waals surface area contributed by atoms with E-state index < -0.39 is 16.1 Å². The van der Waals surface area contributed by atoms with Gasteiger partial charge in [0.15, 0.2) is 0 Å².